The number of aliphatic hydroxyl groups is 1. The van der Waals surface area contributed by atoms with Crippen molar-refractivity contribution in [1.82, 2.24) is 19.9 Å². The first-order valence-electron chi connectivity index (χ1n) is 13.2. The topological polar surface area (TPSA) is 88.0 Å². The van der Waals surface area contributed by atoms with Crippen molar-refractivity contribution in [1.29, 1.82) is 0 Å². The molecular formula is C30H27Cl3N4O4. The summed E-state index contributed by atoms with van der Waals surface area (Å²) in [5.74, 6) is 1.84. The molecule has 1 saturated heterocycles. The Morgan fingerprint density at radius 3 is 2.39 bits per heavy atom. The van der Waals surface area contributed by atoms with Gasteiger partial charge in [-0.1, -0.05) is 46.0 Å². The molecule has 0 spiro atoms. The fraction of sp³-hybridized carbons (Fsp3) is 0.267. The fourth-order valence-electron chi connectivity index (χ4n) is 4.96. The van der Waals surface area contributed by atoms with E-state index in [0.29, 0.717) is 68.7 Å². The molecule has 3 heterocycles. The van der Waals surface area contributed by atoms with E-state index in [-0.39, 0.29) is 0 Å². The lowest BCUT2D eigenvalue weighted by molar-refractivity contribution is -0.0756. The van der Waals surface area contributed by atoms with Gasteiger partial charge in [0.1, 0.15) is 23.1 Å². The van der Waals surface area contributed by atoms with Crippen LogP contribution in [0, 0.1) is 0 Å². The van der Waals surface area contributed by atoms with Crippen LogP contribution in [0.15, 0.2) is 75.7 Å². The maximum Gasteiger partial charge on any atom is 0.227 e. The van der Waals surface area contributed by atoms with Gasteiger partial charge in [0.25, 0.3) is 0 Å². The minimum Gasteiger partial charge on any atom is -0.472 e. The first kappa shape index (κ1) is 28.0. The van der Waals surface area contributed by atoms with Crippen molar-refractivity contribution in [3.63, 3.8) is 0 Å². The van der Waals surface area contributed by atoms with Crippen LogP contribution in [0.4, 0.5) is 0 Å². The summed E-state index contributed by atoms with van der Waals surface area (Å²) in [5.41, 5.74) is 3.43. The predicted octanol–water partition coefficient (Wildman–Crippen LogP) is 7.01. The van der Waals surface area contributed by atoms with E-state index in [0.717, 1.165) is 24.4 Å². The zero-order valence-corrected chi connectivity index (χ0v) is 24.4. The Labute approximate surface area is 252 Å². The third kappa shape index (κ3) is 6.23. The zero-order valence-electron chi connectivity index (χ0n) is 22.1. The molecule has 1 unspecified atom stereocenters. The van der Waals surface area contributed by atoms with Crippen molar-refractivity contribution < 1.29 is 18.8 Å². The third-order valence-corrected chi connectivity index (χ3v) is 7.93. The average Bonchev–Trinajstić information content (AvgIpc) is 3.59. The number of hydrogen-bond acceptors (Lipinski definition) is 8. The van der Waals surface area contributed by atoms with E-state index in [4.69, 9.17) is 48.5 Å². The molecule has 0 amide bonds. The Bertz CT molecular complexity index is 1630. The summed E-state index contributed by atoms with van der Waals surface area (Å²) in [6, 6.07) is 20.0. The molecule has 0 aliphatic carbocycles. The lowest BCUT2D eigenvalue weighted by Gasteiger charge is -2.39. The Morgan fingerprint density at radius 1 is 0.951 bits per heavy atom. The summed E-state index contributed by atoms with van der Waals surface area (Å²) in [7, 11) is 0. The van der Waals surface area contributed by atoms with E-state index in [1.54, 1.807) is 37.3 Å². The van der Waals surface area contributed by atoms with Crippen molar-refractivity contribution in [2.45, 2.75) is 25.8 Å². The van der Waals surface area contributed by atoms with Crippen LogP contribution in [0.3, 0.4) is 0 Å². The number of halogens is 3. The molecule has 5 aromatic rings. The molecule has 8 nitrogen and oxygen atoms in total. The van der Waals surface area contributed by atoms with Crippen LogP contribution in [0.25, 0.3) is 33.8 Å². The Morgan fingerprint density at radius 2 is 1.68 bits per heavy atom. The van der Waals surface area contributed by atoms with Crippen LogP contribution < -0.4 is 4.74 Å². The first-order chi connectivity index (χ1) is 19.8. The van der Waals surface area contributed by atoms with E-state index < -0.39 is 12.3 Å². The molecule has 41 heavy (non-hydrogen) atoms. The normalized spacial score (nSPS) is 16.2. The highest BCUT2D eigenvalue weighted by Crippen LogP contribution is 2.34. The van der Waals surface area contributed by atoms with E-state index in [2.05, 4.69) is 19.9 Å². The Hall–Kier alpha value is -3.11. The van der Waals surface area contributed by atoms with Crippen molar-refractivity contribution in [3.05, 3.63) is 87.6 Å². The van der Waals surface area contributed by atoms with Gasteiger partial charge in [-0.15, -0.1) is 0 Å². The van der Waals surface area contributed by atoms with E-state index in [1.165, 1.54) is 0 Å². The van der Waals surface area contributed by atoms with Gasteiger partial charge in [0.2, 0.25) is 5.89 Å². The second-order valence-electron chi connectivity index (χ2n) is 9.99. The molecule has 2 aromatic heterocycles. The van der Waals surface area contributed by atoms with Gasteiger partial charge >= 0.3 is 0 Å². The van der Waals surface area contributed by atoms with Gasteiger partial charge in [0.15, 0.2) is 17.6 Å². The highest BCUT2D eigenvalue weighted by molar-refractivity contribution is 6.39. The molecule has 1 fully saturated rings. The van der Waals surface area contributed by atoms with Crippen molar-refractivity contribution in [3.8, 4) is 28.5 Å². The van der Waals surface area contributed by atoms with Crippen LogP contribution >= 0.6 is 34.8 Å². The van der Waals surface area contributed by atoms with Gasteiger partial charge in [-0.3, -0.25) is 9.80 Å². The zero-order chi connectivity index (χ0) is 28.5. The molecule has 6 rings (SSSR count). The molecule has 11 heteroatoms. The molecular weight excluding hydrogens is 587 g/mol. The van der Waals surface area contributed by atoms with Crippen LogP contribution in [0.2, 0.25) is 15.1 Å². The lowest BCUT2D eigenvalue weighted by atomic mass is 10.1. The molecule has 3 aromatic carbocycles. The van der Waals surface area contributed by atoms with Gasteiger partial charge < -0.3 is 18.8 Å². The number of hydrogen-bond donors (Lipinski definition) is 1. The molecule has 212 valence electrons. The summed E-state index contributed by atoms with van der Waals surface area (Å²) in [6.45, 7) is 5.28. The van der Waals surface area contributed by atoms with Gasteiger partial charge in [-0.25, -0.2) is 4.98 Å². The quantitative estimate of drug-likeness (QED) is 0.200. The smallest absolute Gasteiger partial charge is 0.227 e. The lowest BCUT2D eigenvalue weighted by Crippen LogP contribution is -2.55. The molecule has 2 atom stereocenters. The van der Waals surface area contributed by atoms with Crippen molar-refractivity contribution >= 4 is 45.9 Å². The monoisotopic (exact) mass is 612 g/mol. The summed E-state index contributed by atoms with van der Waals surface area (Å²) >= 11 is 18.7. The number of oxazole rings is 1. The Kier molecular flexibility index (Phi) is 8.21. The number of aromatic nitrogens is 2. The second-order valence-corrected chi connectivity index (χ2v) is 11.2. The van der Waals surface area contributed by atoms with Crippen molar-refractivity contribution in [2.24, 2.45) is 0 Å². The average molecular weight is 614 g/mol. The summed E-state index contributed by atoms with van der Waals surface area (Å²) in [6.07, 6.45) is -1.23. The number of aliphatic hydroxyl groups excluding tert-OH is 1. The third-order valence-electron chi connectivity index (χ3n) is 7.04. The molecule has 1 N–H and O–H groups in total. The van der Waals surface area contributed by atoms with Gasteiger partial charge in [-0.05, 0) is 55.5 Å². The minimum absolute atomic E-state index is 0.505. The van der Waals surface area contributed by atoms with Crippen LogP contribution in [-0.4, -0.2) is 63.6 Å². The standard InChI is InChI=1S/C30H27Cl3N4O4/c1-18(38)30(39-21-9-10-27-25(15-21)34-29(40-27)19-5-7-20(31)8-6-19)37-13-11-36(12-14-37)17-22-16-26(35-41-22)28-23(32)3-2-4-24(28)33/h2-10,15-16,18,30,38H,11-14,17H2,1H3/t18-,30?/m0/s1. The molecule has 0 saturated carbocycles. The van der Waals surface area contributed by atoms with Gasteiger partial charge in [0.05, 0.1) is 16.6 Å². The minimum atomic E-state index is -0.712. The molecule has 0 bridgehead atoms. The first-order valence-corrected chi connectivity index (χ1v) is 14.3. The second kappa shape index (κ2) is 12.0. The van der Waals surface area contributed by atoms with Gasteiger partial charge in [0, 0.05) is 54.5 Å². The van der Waals surface area contributed by atoms with Crippen LogP contribution in [0.1, 0.15) is 12.7 Å². The Balaban J connectivity index is 1.09. The number of rotatable bonds is 8. The summed E-state index contributed by atoms with van der Waals surface area (Å²) < 4.78 is 17.8. The molecule has 1 aliphatic heterocycles. The highest BCUT2D eigenvalue weighted by atomic mass is 35.5. The highest BCUT2D eigenvalue weighted by Gasteiger charge is 2.29. The van der Waals surface area contributed by atoms with E-state index in [9.17, 15) is 5.11 Å². The largest absolute Gasteiger partial charge is 0.472 e. The van der Waals surface area contributed by atoms with Crippen LogP contribution in [-0.2, 0) is 6.54 Å². The maximum absolute atomic E-state index is 10.6. The van der Waals surface area contributed by atoms with Gasteiger partial charge in [-0.2, -0.15) is 0 Å². The molecule has 0 radical (unpaired) electrons. The molecule has 1 aliphatic rings. The number of benzene rings is 3. The van der Waals surface area contributed by atoms with E-state index in [1.807, 2.05) is 36.4 Å². The van der Waals surface area contributed by atoms with Crippen LogP contribution in [0.5, 0.6) is 5.75 Å². The number of nitrogens with zero attached hydrogens (tertiary/aromatic N) is 4. The number of ether oxygens (including phenoxy) is 1. The van der Waals surface area contributed by atoms with Crippen molar-refractivity contribution in [2.75, 3.05) is 26.2 Å². The van der Waals surface area contributed by atoms with E-state index >= 15 is 0 Å². The SMILES string of the molecule is C[C@H](O)C(Oc1ccc2oc(-c3ccc(Cl)cc3)nc2c1)N1CCN(Cc2cc(-c3c(Cl)cccc3Cl)no2)CC1. The summed E-state index contributed by atoms with van der Waals surface area (Å²) in [4.78, 5) is 9.03. The summed E-state index contributed by atoms with van der Waals surface area (Å²) in [5, 5.41) is 16.5. The predicted molar refractivity (Wildman–Crippen MR) is 159 cm³/mol. The number of fused-ring (bicyclic) bond motifs is 1. The fourth-order valence-corrected chi connectivity index (χ4v) is 5.68. The number of piperazine rings is 1. The maximum atomic E-state index is 10.6.